The van der Waals surface area contributed by atoms with E-state index in [9.17, 15) is 4.79 Å². The minimum absolute atomic E-state index is 0.102. The molecule has 0 unspecified atom stereocenters. The fourth-order valence-electron chi connectivity index (χ4n) is 3.20. The van der Waals surface area contributed by atoms with Gasteiger partial charge in [0.05, 0.1) is 0 Å². The highest BCUT2D eigenvalue weighted by Gasteiger charge is 2.11. The molecule has 4 aromatic rings. The Balaban J connectivity index is 1.37. The molecule has 1 aromatic heterocycles. The zero-order chi connectivity index (χ0) is 21.6. The number of ether oxygens (including phenoxy) is 1. The number of benzene rings is 3. The number of hydrogen-bond acceptors (Lipinski definition) is 4. The molecule has 0 aliphatic carbocycles. The van der Waals surface area contributed by atoms with Crippen LogP contribution in [0.1, 0.15) is 12.0 Å². The zero-order valence-electron chi connectivity index (χ0n) is 17.0. The van der Waals surface area contributed by atoms with Crippen LogP contribution in [0.5, 0.6) is 11.5 Å². The monoisotopic (exact) mass is 430 g/mol. The molecule has 7 heteroatoms. The first-order chi connectivity index (χ1) is 15.1. The number of nitrogens with zero attached hydrogens (tertiary/aromatic N) is 2. The number of anilines is 1. The number of H-pyrrole nitrogens is 1. The van der Waals surface area contributed by atoms with Gasteiger partial charge in [-0.15, -0.1) is 0 Å². The van der Waals surface area contributed by atoms with E-state index in [4.69, 9.17) is 17.0 Å². The summed E-state index contributed by atoms with van der Waals surface area (Å²) >= 11 is 5.35. The second-order valence-corrected chi connectivity index (χ2v) is 7.50. The number of rotatable bonds is 7. The minimum atomic E-state index is -0.102. The number of nitrogens with one attached hydrogen (secondary N) is 2. The molecule has 1 amide bonds. The van der Waals surface area contributed by atoms with E-state index in [1.54, 1.807) is 0 Å². The van der Waals surface area contributed by atoms with Crippen LogP contribution in [0.2, 0.25) is 0 Å². The summed E-state index contributed by atoms with van der Waals surface area (Å²) in [6.07, 6.45) is 0.273. The lowest BCUT2D eigenvalue weighted by Crippen LogP contribution is -2.15. The third kappa shape index (κ3) is 5.26. The van der Waals surface area contributed by atoms with Crippen LogP contribution in [-0.2, 0) is 11.3 Å². The highest BCUT2D eigenvalue weighted by Crippen LogP contribution is 2.23. The van der Waals surface area contributed by atoms with Crippen molar-refractivity contribution in [2.24, 2.45) is 0 Å². The molecule has 3 aromatic carbocycles. The van der Waals surface area contributed by atoms with E-state index in [0.717, 1.165) is 22.7 Å². The van der Waals surface area contributed by atoms with Crippen molar-refractivity contribution < 1.29 is 9.53 Å². The average molecular weight is 431 g/mol. The van der Waals surface area contributed by atoms with Crippen LogP contribution in [-0.4, -0.2) is 20.7 Å². The lowest BCUT2D eigenvalue weighted by atomic mass is 10.1. The molecule has 6 nitrogen and oxygen atoms in total. The molecule has 0 bridgehead atoms. The van der Waals surface area contributed by atoms with Crippen LogP contribution in [0, 0.1) is 11.7 Å². The first-order valence-corrected chi connectivity index (χ1v) is 10.3. The van der Waals surface area contributed by atoms with Gasteiger partial charge in [-0.2, -0.15) is 5.10 Å². The van der Waals surface area contributed by atoms with E-state index < -0.39 is 0 Å². The van der Waals surface area contributed by atoms with Crippen molar-refractivity contribution in [3.05, 3.63) is 89.2 Å². The van der Waals surface area contributed by atoms with Gasteiger partial charge in [0.15, 0.2) is 10.6 Å². The minimum Gasteiger partial charge on any atom is -0.457 e. The SMILES string of the molecule is Cc1cccc(-c2n[nH]c(=S)n2CCC(=O)Nc2ccc(Oc3ccccc3)cc2)c1. The fraction of sp³-hybridized carbons (Fsp3) is 0.125. The molecular formula is C24H22N4O2S. The molecular weight excluding hydrogens is 408 g/mol. The van der Waals surface area contributed by atoms with Gasteiger partial charge >= 0.3 is 0 Å². The van der Waals surface area contributed by atoms with E-state index in [0.29, 0.717) is 22.8 Å². The van der Waals surface area contributed by atoms with E-state index in [2.05, 4.69) is 15.5 Å². The molecule has 0 spiro atoms. The summed E-state index contributed by atoms with van der Waals surface area (Å²) in [6, 6.07) is 24.9. The van der Waals surface area contributed by atoms with Crippen LogP contribution in [0.3, 0.4) is 0 Å². The van der Waals surface area contributed by atoms with E-state index in [-0.39, 0.29) is 12.3 Å². The summed E-state index contributed by atoms with van der Waals surface area (Å²) in [6.45, 7) is 2.46. The summed E-state index contributed by atoms with van der Waals surface area (Å²) < 4.78 is 8.11. The van der Waals surface area contributed by atoms with Crippen molar-refractivity contribution in [1.29, 1.82) is 0 Å². The predicted molar refractivity (Wildman–Crippen MR) is 124 cm³/mol. The zero-order valence-corrected chi connectivity index (χ0v) is 17.9. The number of amides is 1. The second kappa shape index (κ2) is 9.40. The Morgan fingerprint density at radius 2 is 1.77 bits per heavy atom. The van der Waals surface area contributed by atoms with Crippen molar-refractivity contribution in [3.63, 3.8) is 0 Å². The Morgan fingerprint density at radius 3 is 2.52 bits per heavy atom. The summed E-state index contributed by atoms with van der Waals surface area (Å²) in [5.74, 6) is 2.09. The van der Waals surface area contributed by atoms with Gasteiger partial charge in [-0.1, -0.05) is 42.0 Å². The molecule has 2 N–H and O–H groups in total. The Bertz CT molecular complexity index is 1230. The maximum Gasteiger partial charge on any atom is 0.226 e. The van der Waals surface area contributed by atoms with Crippen LogP contribution >= 0.6 is 12.2 Å². The van der Waals surface area contributed by atoms with Gasteiger partial charge in [-0.3, -0.25) is 14.5 Å². The van der Waals surface area contributed by atoms with Crippen LogP contribution in [0.25, 0.3) is 11.4 Å². The third-order valence-corrected chi connectivity index (χ3v) is 5.03. The Morgan fingerprint density at radius 1 is 1.03 bits per heavy atom. The van der Waals surface area contributed by atoms with Crippen molar-refractivity contribution in [2.45, 2.75) is 19.9 Å². The van der Waals surface area contributed by atoms with Crippen molar-refractivity contribution in [2.75, 3.05) is 5.32 Å². The van der Waals surface area contributed by atoms with E-state index in [1.807, 2.05) is 90.4 Å². The molecule has 0 aliphatic rings. The molecule has 0 saturated carbocycles. The normalized spacial score (nSPS) is 10.6. The highest BCUT2D eigenvalue weighted by molar-refractivity contribution is 7.71. The molecule has 0 atom stereocenters. The number of hydrogen-bond donors (Lipinski definition) is 2. The van der Waals surface area contributed by atoms with Gasteiger partial charge < -0.3 is 10.1 Å². The standard InChI is InChI=1S/C24H22N4O2S/c1-17-6-5-7-18(16-17)23-26-27-24(31)28(23)15-14-22(29)25-19-10-12-21(13-11-19)30-20-8-3-2-4-9-20/h2-13,16H,14-15H2,1H3,(H,25,29)(H,27,31). The molecule has 31 heavy (non-hydrogen) atoms. The van der Waals surface area contributed by atoms with Crippen LogP contribution in [0.4, 0.5) is 5.69 Å². The average Bonchev–Trinajstić information content (AvgIpc) is 3.15. The van der Waals surface area contributed by atoms with Crippen molar-refractivity contribution in [3.8, 4) is 22.9 Å². The highest BCUT2D eigenvalue weighted by atomic mass is 32.1. The summed E-state index contributed by atoms with van der Waals surface area (Å²) in [4.78, 5) is 12.5. The van der Waals surface area contributed by atoms with Crippen molar-refractivity contribution >= 4 is 23.8 Å². The topological polar surface area (TPSA) is 71.9 Å². The molecule has 0 radical (unpaired) electrons. The molecule has 0 aliphatic heterocycles. The van der Waals surface area contributed by atoms with Gasteiger partial charge in [0, 0.05) is 24.2 Å². The van der Waals surface area contributed by atoms with Crippen LogP contribution < -0.4 is 10.1 Å². The maximum absolute atomic E-state index is 12.5. The Kier molecular flexibility index (Phi) is 6.24. The van der Waals surface area contributed by atoms with Gasteiger partial charge in [-0.25, -0.2) is 0 Å². The Hall–Kier alpha value is -3.71. The van der Waals surface area contributed by atoms with E-state index in [1.165, 1.54) is 0 Å². The molecule has 0 saturated heterocycles. The summed E-state index contributed by atoms with van der Waals surface area (Å²) in [5, 5.41) is 10.1. The lowest BCUT2D eigenvalue weighted by Gasteiger charge is -2.09. The molecule has 1 heterocycles. The number of carbonyl (C=O) groups excluding carboxylic acids is 1. The predicted octanol–water partition coefficient (Wildman–Crippen LogP) is 5.74. The van der Waals surface area contributed by atoms with Gasteiger partial charge in [0.25, 0.3) is 0 Å². The quantitative estimate of drug-likeness (QED) is 0.367. The van der Waals surface area contributed by atoms with Crippen molar-refractivity contribution in [1.82, 2.24) is 14.8 Å². The second-order valence-electron chi connectivity index (χ2n) is 7.11. The molecule has 0 fully saturated rings. The largest absolute Gasteiger partial charge is 0.457 e. The molecule has 4 rings (SSSR count). The smallest absolute Gasteiger partial charge is 0.226 e. The Labute approximate surface area is 185 Å². The number of carbonyl (C=O) groups is 1. The first kappa shape index (κ1) is 20.6. The summed E-state index contributed by atoms with van der Waals surface area (Å²) in [5.41, 5.74) is 2.80. The number of para-hydroxylation sites is 1. The maximum atomic E-state index is 12.5. The van der Waals surface area contributed by atoms with Gasteiger partial charge in [0.2, 0.25) is 5.91 Å². The molecule has 156 valence electrons. The van der Waals surface area contributed by atoms with Gasteiger partial charge in [0.1, 0.15) is 11.5 Å². The van der Waals surface area contributed by atoms with E-state index >= 15 is 0 Å². The first-order valence-electron chi connectivity index (χ1n) is 9.93. The number of aromatic amines is 1. The van der Waals surface area contributed by atoms with Gasteiger partial charge in [-0.05, 0) is 61.6 Å². The third-order valence-electron chi connectivity index (χ3n) is 4.71. The lowest BCUT2D eigenvalue weighted by molar-refractivity contribution is -0.116. The fourth-order valence-corrected chi connectivity index (χ4v) is 3.42. The number of aromatic nitrogens is 3. The number of aryl methyl sites for hydroxylation is 1. The summed E-state index contributed by atoms with van der Waals surface area (Å²) in [7, 11) is 0. The van der Waals surface area contributed by atoms with Crippen LogP contribution in [0.15, 0.2) is 78.9 Å².